The van der Waals surface area contributed by atoms with Crippen molar-refractivity contribution >= 4 is 5.91 Å². The lowest BCUT2D eigenvalue weighted by Crippen LogP contribution is -2.42. The third-order valence-corrected chi connectivity index (χ3v) is 5.11. The first-order valence-corrected chi connectivity index (χ1v) is 9.08. The summed E-state index contributed by atoms with van der Waals surface area (Å²) in [6.45, 7) is 7.05. The first kappa shape index (κ1) is 18.3. The molecule has 1 aliphatic rings. The summed E-state index contributed by atoms with van der Waals surface area (Å²) in [5.41, 5.74) is 4.28. The van der Waals surface area contributed by atoms with E-state index in [9.17, 15) is 4.79 Å². The fourth-order valence-electron chi connectivity index (χ4n) is 3.79. The lowest BCUT2D eigenvalue weighted by molar-refractivity contribution is 0.0603. The minimum absolute atomic E-state index is 0.0207. The lowest BCUT2D eigenvalue weighted by atomic mass is 9.85. The van der Waals surface area contributed by atoms with Gasteiger partial charge in [0.1, 0.15) is 0 Å². The number of carbonyl (C=O) groups is 1. The Labute approximate surface area is 155 Å². The van der Waals surface area contributed by atoms with Crippen molar-refractivity contribution in [3.05, 3.63) is 58.7 Å². The monoisotopic (exact) mass is 353 g/mol. The van der Waals surface area contributed by atoms with Gasteiger partial charge in [-0.25, -0.2) is 0 Å². The van der Waals surface area contributed by atoms with Gasteiger partial charge in [0, 0.05) is 12.1 Å². The quantitative estimate of drug-likeness (QED) is 0.817. The molecule has 0 fully saturated rings. The van der Waals surface area contributed by atoms with Crippen LogP contribution in [0, 0.1) is 12.8 Å². The number of benzene rings is 2. The van der Waals surface area contributed by atoms with Gasteiger partial charge in [0.05, 0.1) is 20.3 Å². The van der Waals surface area contributed by atoms with Crippen molar-refractivity contribution in [3.63, 3.8) is 0 Å². The predicted molar refractivity (Wildman–Crippen MR) is 103 cm³/mol. The average Bonchev–Trinajstić information content (AvgIpc) is 2.65. The number of hydrogen-bond acceptors (Lipinski definition) is 3. The van der Waals surface area contributed by atoms with Crippen LogP contribution in [-0.4, -0.2) is 31.6 Å². The van der Waals surface area contributed by atoms with Gasteiger partial charge in [0.25, 0.3) is 5.91 Å². The van der Waals surface area contributed by atoms with E-state index >= 15 is 0 Å². The molecular weight excluding hydrogens is 326 g/mol. The van der Waals surface area contributed by atoms with Crippen molar-refractivity contribution in [2.24, 2.45) is 5.92 Å². The maximum Gasteiger partial charge on any atom is 0.254 e. The Balaban J connectivity index is 2.02. The van der Waals surface area contributed by atoms with Gasteiger partial charge < -0.3 is 14.4 Å². The van der Waals surface area contributed by atoms with Crippen molar-refractivity contribution < 1.29 is 14.3 Å². The normalized spacial score (nSPS) is 16.4. The number of methoxy groups -OCH3 is 2. The molecule has 0 aliphatic carbocycles. The van der Waals surface area contributed by atoms with E-state index in [0.29, 0.717) is 18.2 Å². The number of aryl methyl sites for hydroxylation is 1. The molecule has 0 saturated heterocycles. The molecule has 1 unspecified atom stereocenters. The smallest absolute Gasteiger partial charge is 0.254 e. The zero-order valence-corrected chi connectivity index (χ0v) is 16.2. The molecule has 1 atom stereocenters. The summed E-state index contributed by atoms with van der Waals surface area (Å²) in [5.74, 6) is 1.83. The fraction of sp³-hybridized carbons (Fsp3) is 0.409. The summed E-state index contributed by atoms with van der Waals surface area (Å²) in [4.78, 5) is 15.2. The molecule has 138 valence electrons. The number of carbonyl (C=O) groups excluding carboxylic acids is 1. The number of amides is 1. The van der Waals surface area contributed by atoms with Crippen molar-refractivity contribution in [3.8, 4) is 11.5 Å². The molecular formula is C22H27NO3. The van der Waals surface area contributed by atoms with Crippen LogP contribution in [0.15, 0.2) is 36.4 Å². The molecule has 0 bridgehead atoms. The van der Waals surface area contributed by atoms with Crippen molar-refractivity contribution in [2.45, 2.75) is 33.2 Å². The Morgan fingerprint density at radius 2 is 1.69 bits per heavy atom. The van der Waals surface area contributed by atoms with Crippen molar-refractivity contribution in [2.75, 3.05) is 20.8 Å². The highest BCUT2D eigenvalue weighted by Crippen LogP contribution is 2.41. The zero-order valence-electron chi connectivity index (χ0n) is 16.2. The Hall–Kier alpha value is -2.49. The maximum atomic E-state index is 13.2. The van der Waals surface area contributed by atoms with E-state index in [1.54, 1.807) is 14.2 Å². The highest BCUT2D eigenvalue weighted by molar-refractivity contribution is 5.94. The molecule has 3 rings (SSSR count). The van der Waals surface area contributed by atoms with Gasteiger partial charge in [-0.1, -0.05) is 31.5 Å². The molecule has 4 heteroatoms. The molecule has 1 amide bonds. The van der Waals surface area contributed by atoms with Crippen LogP contribution in [0.3, 0.4) is 0 Å². The molecule has 0 saturated carbocycles. The summed E-state index contributed by atoms with van der Waals surface area (Å²) in [6, 6.07) is 11.9. The number of nitrogens with zero attached hydrogens (tertiary/aromatic N) is 1. The molecule has 2 aromatic carbocycles. The van der Waals surface area contributed by atoms with Crippen LogP contribution in [0.1, 0.15) is 46.9 Å². The van der Waals surface area contributed by atoms with Gasteiger partial charge in [-0.05, 0) is 54.7 Å². The summed E-state index contributed by atoms with van der Waals surface area (Å²) < 4.78 is 10.9. The molecule has 0 aromatic heterocycles. The SMILES string of the molecule is COc1cc2c(cc1OC)C(C(C)C)N(C(=O)c1ccc(C)cc1)CC2. The van der Waals surface area contributed by atoms with Gasteiger partial charge in [-0.2, -0.15) is 0 Å². The number of hydrogen-bond donors (Lipinski definition) is 0. The van der Waals surface area contributed by atoms with Crippen LogP contribution >= 0.6 is 0 Å². The minimum atomic E-state index is 0.0207. The number of fused-ring (bicyclic) bond motifs is 1. The van der Waals surface area contributed by atoms with Gasteiger partial charge in [0.2, 0.25) is 0 Å². The van der Waals surface area contributed by atoms with E-state index in [-0.39, 0.29) is 11.9 Å². The lowest BCUT2D eigenvalue weighted by Gasteiger charge is -2.40. The van der Waals surface area contributed by atoms with E-state index in [1.807, 2.05) is 42.2 Å². The third-order valence-electron chi connectivity index (χ3n) is 5.11. The highest BCUT2D eigenvalue weighted by Gasteiger charge is 2.34. The van der Waals surface area contributed by atoms with Crippen LogP contribution in [0.25, 0.3) is 0 Å². The standard InChI is InChI=1S/C22H27NO3/c1-14(2)21-18-13-20(26-5)19(25-4)12-17(18)10-11-23(21)22(24)16-8-6-15(3)7-9-16/h6-9,12-14,21H,10-11H2,1-5H3. The van der Waals surface area contributed by atoms with Crippen LogP contribution < -0.4 is 9.47 Å². The van der Waals surface area contributed by atoms with Gasteiger partial charge in [-0.15, -0.1) is 0 Å². The second-order valence-corrected chi connectivity index (χ2v) is 7.21. The van der Waals surface area contributed by atoms with Crippen LogP contribution in [0.2, 0.25) is 0 Å². The van der Waals surface area contributed by atoms with E-state index in [2.05, 4.69) is 19.9 Å². The van der Waals surface area contributed by atoms with Crippen LogP contribution in [0.4, 0.5) is 0 Å². The second kappa shape index (κ2) is 7.40. The van der Waals surface area contributed by atoms with Gasteiger partial charge >= 0.3 is 0 Å². The molecule has 1 aliphatic heterocycles. The first-order valence-electron chi connectivity index (χ1n) is 9.08. The average molecular weight is 353 g/mol. The Morgan fingerprint density at radius 1 is 1.08 bits per heavy atom. The van der Waals surface area contributed by atoms with E-state index in [4.69, 9.17) is 9.47 Å². The van der Waals surface area contributed by atoms with E-state index in [0.717, 1.165) is 28.9 Å². The Bertz CT molecular complexity index is 796. The third kappa shape index (κ3) is 3.28. The summed E-state index contributed by atoms with van der Waals surface area (Å²) in [5, 5.41) is 0. The molecule has 0 N–H and O–H groups in total. The summed E-state index contributed by atoms with van der Waals surface area (Å²) in [7, 11) is 3.30. The van der Waals surface area contributed by atoms with Gasteiger partial charge in [0.15, 0.2) is 11.5 Å². The number of rotatable bonds is 4. The zero-order chi connectivity index (χ0) is 18.8. The summed E-state index contributed by atoms with van der Waals surface area (Å²) in [6.07, 6.45) is 0.816. The highest BCUT2D eigenvalue weighted by atomic mass is 16.5. The van der Waals surface area contributed by atoms with Gasteiger partial charge in [-0.3, -0.25) is 4.79 Å². The molecule has 0 radical (unpaired) electrons. The van der Waals surface area contributed by atoms with Crippen molar-refractivity contribution in [1.82, 2.24) is 4.90 Å². The molecule has 2 aromatic rings. The van der Waals surface area contributed by atoms with Crippen LogP contribution in [0.5, 0.6) is 11.5 Å². The molecule has 26 heavy (non-hydrogen) atoms. The van der Waals surface area contributed by atoms with Crippen LogP contribution in [-0.2, 0) is 6.42 Å². The molecule has 1 heterocycles. The Morgan fingerprint density at radius 3 is 2.27 bits per heavy atom. The Kier molecular flexibility index (Phi) is 5.21. The van der Waals surface area contributed by atoms with Crippen molar-refractivity contribution in [1.29, 1.82) is 0 Å². The first-order chi connectivity index (χ1) is 12.5. The maximum absolute atomic E-state index is 13.2. The largest absolute Gasteiger partial charge is 0.493 e. The molecule has 4 nitrogen and oxygen atoms in total. The fourth-order valence-corrected chi connectivity index (χ4v) is 3.79. The van der Waals surface area contributed by atoms with E-state index in [1.165, 1.54) is 5.56 Å². The van der Waals surface area contributed by atoms with E-state index < -0.39 is 0 Å². The number of ether oxygens (including phenoxy) is 2. The minimum Gasteiger partial charge on any atom is -0.493 e. The topological polar surface area (TPSA) is 38.8 Å². The second-order valence-electron chi connectivity index (χ2n) is 7.21. The molecule has 0 spiro atoms. The predicted octanol–water partition coefficient (Wildman–Crippen LogP) is 4.41. The summed E-state index contributed by atoms with van der Waals surface area (Å²) >= 11 is 0.